The zero-order valence-electron chi connectivity index (χ0n) is 14.4. The molecule has 0 bridgehead atoms. The van der Waals surface area contributed by atoms with E-state index in [4.69, 9.17) is 0 Å². The van der Waals surface area contributed by atoms with Crippen molar-refractivity contribution in [1.29, 1.82) is 0 Å². The van der Waals surface area contributed by atoms with Gasteiger partial charge in [0.25, 0.3) is 0 Å². The fourth-order valence-corrected chi connectivity index (χ4v) is 3.25. The van der Waals surface area contributed by atoms with Crippen LogP contribution in [-0.2, 0) is 6.54 Å². The van der Waals surface area contributed by atoms with Gasteiger partial charge in [-0.15, -0.1) is 0 Å². The highest BCUT2D eigenvalue weighted by Gasteiger charge is 2.13. The maximum absolute atomic E-state index is 12.3. The van der Waals surface area contributed by atoms with E-state index in [1.165, 1.54) is 27.8 Å². The van der Waals surface area contributed by atoms with Crippen molar-refractivity contribution in [3.8, 4) is 11.1 Å². The van der Waals surface area contributed by atoms with Crippen molar-refractivity contribution >= 4 is 5.78 Å². The number of carbonyl (C=O) groups is 1. The molecule has 120 valence electrons. The van der Waals surface area contributed by atoms with Gasteiger partial charge in [-0.25, -0.2) is 0 Å². The average molecular weight is 316 g/mol. The van der Waals surface area contributed by atoms with E-state index in [9.17, 15) is 4.79 Å². The molecular weight excluding hydrogens is 294 g/mol. The third-order valence-corrected chi connectivity index (χ3v) is 4.28. The first-order valence-electron chi connectivity index (χ1n) is 8.20. The van der Waals surface area contributed by atoms with Crippen molar-refractivity contribution in [2.45, 2.75) is 27.3 Å². The highest BCUT2D eigenvalue weighted by molar-refractivity contribution is 5.94. The Morgan fingerprint density at radius 3 is 2.04 bits per heavy atom. The zero-order chi connectivity index (χ0) is 17.1. The van der Waals surface area contributed by atoms with Gasteiger partial charge in [0.1, 0.15) is 0 Å². The summed E-state index contributed by atoms with van der Waals surface area (Å²) in [6.07, 6.45) is 3.96. The van der Waals surface area contributed by atoms with Crippen LogP contribution in [0.1, 0.15) is 27.0 Å². The summed E-state index contributed by atoms with van der Waals surface area (Å²) in [5, 5.41) is 0. The third kappa shape index (κ3) is 3.43. The predicted octanol–water partition coefficient (Wildman–Crippen LogP) is 4.45. The number of nitrogens with zero attached hydrogens (tertiary/aromatic N) is 1. The van der Waals surface area contributed by atoms with Crippen LogP contribution < -0.4 is 4.57 Å². The quantitative estimate of drug-likeness (QED) is 0.514. The average Bonchev–Trinajstić information content (AvgIpc) is 2.56. The van der Waals surface area contributed by atoms with Gasteiger partial charge in [-0.1, -0.05) is 48.0 Å². The van der Waals surface area contributed by atoms with Gasteiger partial charge in [0.2, 0.25) is 12.3 Å². The number of aryl methyl sites for hydroxylation is 3. The van der Waals surface area contributed by atoms with E-state index in [0.29, 0.717) is 6.54 Å². The molecule has 0 saturated heterocycles. The molecule has 0 unspecified atom stereocenters. The summed E-state index contributed by atoms with van der Waals surface area (Å²) < 4.78 is 1.93. The molecule has 0 spiro atoms. The summed E-state index contributed by atoms with van der Waals surface area (Å²) >= 11 is 0. The number of ketones is 1. The Hall–Kier alpha value is -2.74. The SMILES string of the molecule is Cc1cc(C)c(-c2cc[n+](CC(=O)c3ccccc3)cc2)c(C)c1. The lowest BCUT2D eigenvalue weighted by Crippen LogP contribution is -2.37. The lowest BCUT2D eigenvalue weighted by atomic mass is 9.94. The number of benzene rings is 2. The minimum absolute atomic E-state index is 0.121. The third-order valence-electron chi connectivity index (χ3n) is 4.28. The number of carbonyl (C=O) groups excluding carboxylic acids is 1. The maximum atomic E-state index is 12.3. The van der Waals surface area contributed by atoms with Gasteiger partial charge in [-0.2, -0.15) is 4.57 Å². The molecule has 0 radical (unpaired) electrons. The first-order valence-corrected chi connectivity index (χ1v) is 8.20. The van der Waals surface area contributed by atoms with E-state index in [1.807, 2.05) is 47.3 Å². The summed E-state index contributed by atoms with van der Waals surface area (Å²) in [6, 6.07) is 18.0. The lowest BCUT2D eigenvalue weighted by Gasteiger charge is -2.11. The van der Waals surface area contributed by atoms with Crippen molar-refractivity contribution in [1.82, 2.24) is 0 Å². The molecule has 0 aliphatic heterocycles. The van der Waals surface area contributed by atoms with Gasteiger partial charge in [0.05, 0.1) is 0 Å². The van der Waals surface area contributed by atoms with Crippen LogP contribution in [0.3, 0.4) is 0 Å². The summed E-state index contributed by atoms with van der Waals surface area (Å²) in [5.41, 5.74) is 7.07. The Bertz CT molecular complexity index is 841. The molecule has 3 rings (SSSR count). The van der Waals surface area contributed by atoms with Gasteiger partial charge in [0.15, 0.2) is 12.4 Å². The van der Waals surface area contributed by atoms with E-state index in [-0.39, 0.29) is 5.78 Å². The van der Waals surface area contributed by atoms with Crippen molar-refractivity contribution in [3.63, 3.8) is 0 Å². The van der Waals surface area contributed by atoms with Gasteiger partial charge in [-0.05, 0) is 43.0 Å². The first kappa shape index (κ1) is 16.1. The molecule has 3 aromatic rings. The molecule has 2 heteroatoms. The molecule has 0 saturated carbocycles. The van der Waals surface area contributed by atoms with Crippen LogP contribution in [0.2, 0.25) is 0 Å². The highest BCUT2D eigenvalue weighted by atomic mass is 16.1. The number of hydrogen-bond acceptors (Lipinski definition) is 1. The smallest absolute Gasteiger partial charge is 0.227 e. The van der Waals surface area contributed by atoms with Crippen LogP contribution in [0, 0.1) is 20.8 Å². The Balaban J connectivity index is 1.83. The number of Topliss-reactive ketones (excluding diaryl/α,β-unsaturated/α-hetero) is 1. The Morgan fingerprint density at radius 2 is 1.46 bits per heavy atom. The maximum Gasteiger partial charge on any atom is 0.227 e. The molecule has 1 aromatic heterocycles. The Morgan fingerprint density at radius 1 is 0.875 bits per heavy atom. The summed E-state index contributed by atoms with van der Waals surface area (Å²) in [6.45, 7) is 6.78. The van der Waals surface area contributed by atoms with Crippen LogP contribution in [0.15, 0.2) is 67.0 Å². The molecule has 0 aliphatic rings. The van der Waals surface area contributed by atoms with Crippen LogP contribution in [0.5, 0.6) is 0 Å². The molecule has 0 amide bonds. The van der Waals surface area contributed by atoms with E-state index >= 15 is 0 Å². The van der Waals surface area contributed by atoms with Gasteiger partial charge >= 0.3 is 0 Å². The second-order valence-corrected chi connectivity index (χ2v) is 6.32. The fourth-order valence-electron chi connectivity index (χ4n) is 3.25. The van der Waals surface area contributed by atoms with Crippen molar-refractivity contribution in [2.24, 2.45) is 0 Å². The minimum atomic E-state index is 0.121. The molecule has 2 aromatic carbocycles. The van der Waals surface area contributed by atoms with Gasteiger partial charge in [0, 0.05) is 17.7 Å². The standard InChI is InChI=1S/C22H22NO/c1-16-13-17(2)22(18(3)14-16)20-9-11-23(12-10-20)15-21(24)19-7-5-4-6-8-19/h4-14H,15H2,1-3H3/q+1. The topological polar surface area (TPSA) is 20.9 Å². The predicted molar refractivity (Wildman–Crippen MR) is 97.1 cm³/mol. The van der Waals surface area contributed by atoms with Gasteiger partial charge < -0.3 is 0 Å². The fraction of sp³-hybridized carbons (Fsp3) is 0.182. The minimum Gasteiger partial charge on any atom is -0.287 e. The molecular formula is C22H22NO+. The Kier molecular flexibility index (Phi) is 4.57. The molecule has 0 aliphatic carbocycles. The molecule has 0 N–H and O–H groups in total. The van der Waals surface area contributed by atoms with Crippen molar-refractivity contribution in [3.05, 3.63) is 89.2 Å². The van der Waals surface area contributed by atoms with Crippen LogP contribution in [0.25, 0.3) is 11.1 Å². The highest BCUT2D eigenvalue weighted by Crippen LogP contribution is 2.27. The van der Waals surface area contributed by atoms with Crippen molar-refractivity contribution in [2.75, 3.05) is 0 Å². The second kappa shape index (κ2) is 6.79. The van der Waals surface area contributed by atoms with E-state index in [2.05, 4.69) is 45.0 Å². The number of pyridine rings is 1. The largest absolute Gasteiger partial charge is 0.287 e. The summed E-state index contributed by atoms with van der Waals surface area (Å²) in [7, 11) is 0. The van der Waals surface area contributed by atoms with Crippen LogP contribution >= 0.6 is 0 Å². The molecule has 0 atom stereocenters. The molecule has 24 heavy (non-hydrogen) atoms. The van der Waals surface area contributed by atoms with Crippen molar-refractivity contribution < 1.29 is 9.36 Å². The number of rotatable bonds is 4. The number of hydrogen-bond donors (Lipinski definition) is 0. The van der Waals surface area contributed by atoms with E-state index in [1.54, 1.807) is 0 Å². The van der Waals surface area contributed by atoms with Crippen LogP contribution in [-0.4, -0.2) is 5.78 Å². The van der Waals surface area contributed by atoms with E-state index in [0.717, 1.165) is 5.56 Å². The molecule has 2 nitrogen and oxygen atoms in total. The van der Waals surface area contributed by atoms with Gasteiger partial charge in [-0.3, -0.25) is 4.79 Å². The summed E-state index contributed by atoms with van der Waals surface area (Å²) in [4.78, 5) is 12.3. The second-order valence-electron chi connectivity index (χ2n) is 6.32. The van der Waals surface area contributed by atoms with Crippen LogP contribution in [0.4, 0.5) is 0 Å². The Labute approximate surface area is 143 Å². The lowest BCUT2D eigenvalue weighted by molar-refractivity contribution is -0.683. The zero-order valence-corrected chi connectivity index (χ0v) is 14.4. The molecule has 1 heterocycles. The number of aromatic nitrogens is 1. The normalized spacial score (nSPS) is 10.6. The first-order chi connectivity index (χ1) is 11.5. The molecule has 0 fully saturated rings. The monoisotopic (exact) mass is 316 g/mol. The van der Waals surface area contributed by atoms with E-state index < -0.39 is 0 Å². The summed E-state index contributed by atoms with van der Waals surface area (Å²) in [5.74, 6) is 0.121.